The Labute approximate surface area is 147 Å². The third-order valence-corrected chi connectivity index (χ3v) is 6.06. The highest BCUT2D eigenvalue weighted by molar-refractivity contribution is 7.89. The Balaban J connectivity index is 1.94. The molecule has 1 saturated carbocycles. The van der Waals surface area contributed by atoms with Crippen LogP contribution in [0.3, 0.4) is 0 Å². The molecule has 0 saturated heterocycles. The van der Waals surface area contributed by atoms with Gasteiger partial charge in [0.2, 0.25) is 10.0 Å². The fraction of sp³-hybridized carbons (Fsp3) is 0.471. The summed E-state index contributed by atoms with van der Waals surface area (Å²) in [6, 6.07) is 4.61. The quantitative estimate of drug-likeness (QED) is 0.810. The number of rotatable bonds is 6. The lowest BCUT2D eigenvalue weighted by Crippen LogP contribution is -2.41. The number of benzene rings is 1. The summed E-state index contributed by atoms with van der Waals surface area (Å²) in [6.07, 6.45) is 4.21. The molecule has 1 aromatic carbocycles. The summed E-state index contributed by atoms with van der Waals surface area (Å²) in [5, 5.41) is 13.8. The monoisotopic (exact) mass is 365 g/mol. The average molecular weight is 365 g/mol. The van der Waals surface area contributed by atoms with Gasteiger partial charge in [-0.1, -0.05) is 6.07 Å². The Morgan fingerprint density at radius 1 is 1.40 bits per heavy atom. The highest BCUT2D eigenvalue weighted by Crippen LogP contribution is 2.39. The molecule has 0 amide bonds. The second-order valence-electron chi connectivity index (χ2n) is 6.59. The van der Waals surface area contributed by atoms with Crippen LogP contribution in [0.2, 0.25) is 0 Å². The molecular weight excluding hydrogens is 342 g/mol. The summed E-state index contributed by atoms with van der Waals surface area (Å²) >= 11 is 0. The van der Waals surface area contributed by atoms with Crippen LogP contribution in [0, 0.1) is 12.8 Å². The number of methoxy groups -OCH3 is 1. The van der Waals surface area contributed by atoms with E-state index in [9.17, 15) is 13.5 Å². The van der Waals surface area contributed by atoms with Gasteiger partial charge in [-0.05, 0) is 43.4 Å². The fourth-order valence-electron chi connectivity index (χ4n) is 3.16. The first-order chi connectivity index (χ1) is 11.8. The highest BCUT2D eigenvalue weighted by atomic mass is 32.2. The van der Waals surface area contributed by atoms with Crippen molar-refractivity contribution in [3.05, 3.63) is 41.7 Å². The zero-order valence-electron chi connectivity index (χ0n) is 14.5. The SMILES string of the molecule is COc1ccc(C)cc1S(=O)(=O)N[C@H](c1cnn(C)c1)C1CC(O)C1. The molecule has 0 spiro atoms. The van der Waals surface area contributed by atoms with E-state index in [4.69, 9.17) is 4.74 Å². The first kappa shape index (κ1) is 17.9. The van der Waals surface area contributed by atoms with Gasteiger partial charge >= 0.3 is 0 Å². The summed E-state index contributed by atoms with van der Waals surface area (Å²) in [4.78, 5) is 0.115. The molecule has 1 atom stereocenters. The molecule has 1 aliphatic carbocycles. The van der Waals surface area contributed by atoms with E-state index in [0.717, 1.165) is 11.1 Å². The maximum atomic E-state index is 13.0. The third-order valence-electron chi connectivity index (χ3n) is 4.60. The Kier molecular flexibility index (Phi) is 4.86. The van der Waals surface area contributed by atoms with Crippen molar-refractivity contribution in [1.82, 2.24) is 14.5 Å². The normalized spacial score (nSPS) is 21.6. The predicted molar refractivity (Wildman–Crippen MR) is 92.7 cm³/mol. The van der Waals surface area contributed by atoms with Crippen LogP contribution >= 0.6 is 0 Å². The Hall–Kier alpha value is -1.90. The Morgan fingerprint density at radius 3 is 2.68 bits per heavy atom. The number of hydrogen-bond acceptors (Lipinski definition) is 5. The van der Waals surface area contributed by atoms with E-state index in [-0.39, 0.29) is 16.9 Å². The van der Waals surface area contributed by atoms with Crippen molar-refractivity contribution in [1.29, 1.82) is 0 Å². The number of nitrogens with one attached hydrogen (secondary N) is 1. The number of nitrogens with zero attached hydrogens (tertiary/aromatic N) is 2. The molecule has 0 unspecified atom stereocenters. The molecular formula is C17H23N3O4S. The van der Waals surface area contributed by atoms with Crippen LogP contribution in [0.5, 0.6) is 5.75 Å². The lowest BCUT2D eigenvalue weighted by atomic mass is 9.76. The zero-order chi connectivity index (χ0) is 18.2. The molecule has 25 heavy (non-hydrogen) atoms. The van der Waals surface area contributed by atoms with Crippen LogP contribution in [0.25, 0.3) is 0 Å². The van der Waals surface area contributed by atoms with E-state index < -0.39 is 16.1 Å². The molecule has 0 bridgehead atoms. The number of aryl methyl sites for hydroxylation is 2. The molecule has 1 heterocycles. The van der Waals surface area contributed by atoms with E-state index in [2.05, 4.69) is 9.82 Å². The zero-order valence-corrected chi connectivity index (χ0v) is 15.3. The molecule has 3 rings (SSSR count). The summed E-state index contributed by atoms with van der Waals surface area (Å²) in [7, 11) is -0.561. The van der Waals surface area contributed by atoms with Gasteiger partial charge in [-0.25, -0.2) is 13.1 Å². The van der Waals surface area contributed by atoms with Crippen molar-refractivity contribution in [3.63, 3.8) is 0 Å². The minimum absolute atomic E-state index is 0.0322. The van der Waals surface area contributed by atoms with Gasteiger partial charge in [-0.2, -0.15) is 5.10 Å². The lowest BCUT2D eigenvalue weighted by Gasteiger charge is -2.37. The van der Waals surface area contributed by atoms with Gasteiger partial charge in [0, 0.05) is 18.8 Å². The lowest BCUT2D eigenvalue weighted by molar-refractivity contribution is 0.0280. The number of sulfonamides is 1. The van der Waals surface area contributed by atoms with Crippen molar-refractivity contribution < 1.29 is 18.3 Å². The first-order valence-corrected chi connectivity index (χ1v) is 9.62. The van der Waals surface area contributed by atoms with E-state index in [1.54, 1.807) is 42.3 Å². The van der Waals surface area contributed by atoms with Gasteiger partial charge in [0.05, 0.1) is 25.5 Å². The predicted octanol–water partition coefficient (Wildman–Crippen LogP) is 1.53. The van der Waals surface area contributed by atoms with E-state index >= 15 is 0 Å². The van der Waals surface area contributed by atoms with Crippen LogP contribution in [0.4, 0.5) is 0 Å². The van der Waals surface area contributed by atoms with Gasteiger partial charge in [0.25, 0.3) is 0 Å². The molecule has 1 aromatic heterocycles. The maximum absolute atomic E-state index is 13.0. The molecule has 2 aromatic rings. The Bertz CT molecular complexity index is 857. The second-order valence-corrected chi connectivity index (χ2v) is 8.27. The highest BCUT2D eigenvalue weighted by Gasteiger charge is 2.38. The molecule has 8 heteroatoms. The van der Waals surface area contributed by atoms with Crippen LogP contribution in [0.1, 0.15) is 30.0 Å². The summed E-state index contributed by atoms with van der Waals surface area (Å²) in [5.74, 6) is 0.335. The number of aliphatic hydroxyl groups is 1. The van der Waals surface area contributed by atoms with Crippen LogP contribution in [0.15, 0.2) is 35.5 Å². The van der Waals surface area contributed by atoms with Gasteiger partial charge < -0.3 is 9.84 Å². The van der Waals surface area contributed by atoms with Crippen LogP contribution < -0.4 is 9.46 Å². The molecule has 7 nitrogen and oxygen atoms in total. The van der Waals surface area contributed by atoms with Gasteiger partial charge in [-0.3, -0.25) is 4.68 Å². The summed E-state index contributed by atoms with van der Waals surface area (Å²) < 4.78 is 35.6. The van der Waals surface area contributed by atoms with Crippen molar-refractivity contribution in [2.75, 3.05) is 7.11 Å². The summed E-state index contributed by atoms with van der Waals surface area (Å²) in [5.41, 5.74) is 1.62. The molecule has 1 aliphatic rings. The molecule has 0 radical (unpaired) electrons. The Morgan fingerprint density at radius 2 is 2.12 bits per heavy atom. The van der Waals surface area contributed by atoms with Crippen molar-refractivity contribution in [2.24, 2.45) is 13.0 Å². The smallest absolute Gasteiger partial charge is 0.244 e. The molecule has 136 valence electrons. The second kappa shape index (κ2) is 6.78. The largest absolute Gasteiger partial charge is 0.495 e. The van der Waals surface area contributed by atoms with E-state index in [1.807, 2.05) is 6.92 Å². The van der Waals surface area contributed by atoms with Crippen LogP contribution in [-0.2, 0) is 17.1 Å². The topological polar surface area (TPSA) is 93.5 Å². The first-order valence-electron chi connectivity index (χ1n) is 8.13. The summed E-state index contributed by atoms with van der Waals surface area (Å²) in [6.45, 7) is 1.83. The molecule has 1 fully saturated rings. The van der Waals surface area contributed by atoms with Gasteiger partial charge in [0.1, 0.15) is 10.6 Å². The average Bonchev–Trinajstić information content (AvgIpc) is 2.96. The van der Waals surface area contributed by atoms with Gasteiger partial charge in [-0.15, -0.1) is 0 Å². The standard InChI is InChI=1S/C17H23N3O4S/c1-11-4-5-15(24-3)16(6-11)25(22,23)19-17(12-7-14(21)8-12)13-9-18-20(2)10-13/h4-6,9-10,12,14,17,19,21H,7-8H2,1-3H3/t12?,14?,17-/m0/s1. The van der Waals surface area contributed by atoms with Crippen molar-refractivity contribution >= 4 is 10.0 Å². The number of aliphatic hydroxyl groups excluding tert-OH is 1. The number of aromatic nitrogens is 2. The fourth-order valence-corrected chi connectivity index (χ4v) is 4.71. The number of ether oxygens (including phenoxy) is 1. The van der Waals surface area contributed by atoms with E-state index in [0.29, 0.717) is 18.6 Å². The number of hydrogen-bond donors (Lipinski definition) is 2. The van der Waals surface area contributed by atoms with Crippen molar-refractivity contribution in [2.45, 2.75) is 36.8 Å². The maximum Gasteiger partial charge on any atom is 0.244 e. The minimum atomic E-state index is -3.80. The van der Waals surface area contributed by atoms with E-state index in [1.165, 1.54) is 7.11 Å². The molecule has 0 aliphatic heterocycles. The van der Waals surface area contributed by atoms with Gasteiger partial charge in [0.15, 0.2) is 0 Å². The molecule has 2 N–H and O–H groups in total. The third kappa shape index (κ3) is 3.70. The minimum Gasteiger partial charge on any atom is -0.495 e. The van der Waals surface area contributed by atoms with Crippen molar-refractivity contribution in [3.8, 4) is 5.75 Å². The van der Waals surface area contributed by atoms with Crippen LogP contribution in [-0.4, -0.2) is 36.5 Å².